The van der Waals surface area contributed by atoms with Crippen molar-refractivity contribution in [1.29, 1.82) is 0 Å². The molecule has 0 spiro atoms. The number of nitrogens with one attached hydrogen (secondary N) is 5. The molecule has 1 aromatic carbocycles. The van der Waals surface area contributed by atoms with Gasteiger partial charge in [0.25, 0.3) is 0 Å². The van der Waals surface area contributed by atoms with Crippen molar-refractivity contribution in [2.45, 2.75) is 90.6 Å². The molecule has 0 aliphatic carbocycles. The van der Waals surface area contributed by atoms with Gasteiger partial charge in [-0.3, -0.25) is 19.2 Å². The number of rotatable bonds is 15. The number of ketones is 1. The number of hydrogen-bond acceptors (Lipinski definition) is 8. The minimum Gasteiger partial charge on any atom is -0.445 e. The highest BCUT2D eigenvalue weighted by Crippen LogP contribution is 2.17. The van der Waals surface area contributed by atoms with Crippen LogP contribution in [0.15, 0.2) is 42.5 Å². The third-order valence-corrected chi connectivity index (χ3v) is 6.47. The summed E-state index contributed by atoms with van der Waals surface area (Å²) >= 11 is 0. The van der Waals surface area contributed by atoms with E-state index in [2.05, 4.69) is 26.6 Å². The molecule has 0 radical (unpaired) electrons. The SMILES string of the molecule is CCC[C@H](NC(=O)[C@H](CNC(=O)OC(C)(C)C)NC(=O)OCc1ccccc1)C(=O)N[C@H](/C=C/C(C)=O)C[C@@H]1CCNC1=O. The Hall–Kier alpha value is -4.42. The molecule has 1 aromatic rings. The third-order valence-electron chi connectivity index (χ3n) is 6.47. The molecule has 13 heteroatoms. The normalized spacial score (nSPS) is 16.7. The summed E-state index contributed by atoms with van der Waals surface area (Å²) in [6.07, 6.45) is 2.84. The van der Waals surface area contributed by atoms with Crippen LogP contribution < -0.4 is 26.6 Å². The van der Waals surface area contributed by atoms with Gasteiger partial charge in [0.1, 0.15) is 24.3 Å². The summed E-state index contributed by atoms with van der Waals surface area (Å²) in [6, 6.07) is 5.99. The molecule has 0 aromatic heterocycles. The molecule has 5 N–H and O–H groups in total. The van der Waals surface area contributed by atoms with Crippen LogP contribution in [0.2, 0.25) is 0 Å². The predicted molar refractivity (Wildman–Crippen MR) is 162 cm³/mol. The second-order valence-electron chi connectivity index (χ2n) is 11.6. The Bertz CT molecular complexity index is 1180. The van der Waals surface area contributed by atoms with Crippen molar-refractivity contribution in [3.63, 3.8) is 0 Å². The Morgan fingerprint density at radius 1 is 1.00 bits per heavy atom. The molecule has 13 nitrogen and oxygen atoms in total. The van der Waals surface area contributed by atoms with Gasteiger partial charge in [-0.1, -0.05) is 49.8 Å². The number of carbonyl (C=O) groups excluding carboxylic acids is 6. The van der Waals surface area contributed by atoms with Crippen molar-refractivity contribution in [2.24, 2.45) is 5.92 Å². The Morgan fingerprint density at radius 2 is 1.68 bits per heavy atom. The maximum Gasteiger partial charge on any atom is 0.408 e. The molecule has 0 unspecified atom stereocenters. The van der Waals surface area contributed by atoms with Crippen molar-refractivity contribution < 1.29 is 38.2 Å². The maximum absolute atomic E-state index is 13.4. The van der Waals surface area contributed by atoms with E-state index < -0.39 is 47.7 Å². The van der Waals surface area contributed by atoms with Crippen molar-refractivity contribution in [2.75, 3.05) is 13.1 Å². The van der Waals surface area contributed by atoms with Crippen molar-refractivity contribution >= 4 is 35.7 Å². The number of ether oxygens (including phenoxy) is 2. The first-order valence-corrected chi connectivity index (χ1v) is 14.8. The summed E-state index contributed by atoms with van der Waals surface area (Å²) in [4.78, 5) is 75.4. The molecule has 1 fully saturated rings. The average Bonchev–Trinajstić information content (AvgIpc) is 3.35. The quantitative estimate of drug-likeness (QED) is 0.186. The van der Waals surface area contributed by atoms with Gasteiger partial charge in [0.2, 0.25) is 17.7 Å². The summed E-state index contributed by atoms with van der Waals surface area (Å²) in [6.45, 7) is 8.41. The zero-order valence-electron chi connectivity index (χ0n) is 26.1. The van der Waals surface area contributed by atoms with Crippen LogP contribution in [-0.4, -0.2) is 72.5 Å². The van der Waals surface area contributed by atoms with Crippen LogP contribution in [0.1, 0.15) is 65.9 Å². The van der Waals surface area contributed by atoms with E-state index in [0.717, 1.165) is 5.56 Å². The minimum absolute atomic E-state index is 0.0461. The molecule has 44 heavy (non-hydrogen) atoms. The first-order valence-electron chi connectivity index (χ1n) is 14.8. The summed E-state index contributed by atoms with van der Waals surface area (Å²) < 4.78 is 10.5. The molecule has 5 amide bonds. The van der Waals surface area contributed by atoms with Gasteiger partial charge >= 0.3 is 12.2 Å². The molecular weight excluding hydrogens is 570 g/mol. The largest absolute Gasteiger partial charge is 0.445 e. The molecule has 0 bridgehead atoms. The van der Waals surface area contributed by atoms with E-state index in [1.165, 1.54) is 19.1 Å². The first kappa shape index (κ1) is 35.8. The summed E-state index contributed by atoms with van der Waals surface area (Å²) in [5.41, 5.74) is -0.0560. The first-order chi connectivity index (χ1) is 20.8. The van der Waals surface area contributed by atoms with Crippen LogP contribution >= 0.6 is 0 Å². The molecular formula is C31H45N5O8. The van der Waals surface area contributed by atoms with E-state index in [1.807, 2.05) is 13.0 Å². The number of benzene rings is 1. The van der Waals surface area contributed by atoms with E-state index in [-0.39, 0.29) is 43.6 Å². The predicted octanol–water partition coefficient (Wildman–Crippen LogP) is 2.25. The summed E-state index contributed by atoms with van der Waals surface area (Å²) in [5.74, 6) is -1.93. The summed E-state index contributed by atoms with van der Waals surface area (Å²) in [7, 11) is 0. The van der Waals surface area contributed by atoms with Crippen LogP contribution in [0.3, 0.4) is 0 Å². The molecule has 0 saturated carbocycles. The second-order valence-corrected chi connectivity index (χ2v) is 11.6. The third kappa shape index (κ3) is 13.7. The second kappa shape index (κ2) is 17.6. The van der Waals surface area contributed by atoms with Gasteiger partial charge in [0, 0.05) is 18.5 Å². The Kier molecular flexibility index (Phi) is 14.3. The van der Waals surface area contributed by atoms with Crippen LogP contribution in [0.25, 0.3) is 0 Å². The van der Waals surface area contributed by atoms with Crippen LogP contribution in [0.4, 0.5) is 9.59 Å². The highest BCUT2D eigenvalue weighted by atomic mass is 16.6. The molecule has 1 saturated heterocycles. The van der Waals surface area contributed by atoms with E-state index in [1.54, 1.807) is 45.0 Å². The average molecular weight is 616 g/mol. The van der Waals surface area contributed by atoms with Gasteiger partial charge < -0.3 is 36.1 Å². The van der Waals surface area contributed by atoms with Gasteiger partial charge in [0.15, 0.2) is 5.78 Å². The lowest BCUT2D eigenvalue weighted by molar-refractivity contribution is -0.130. The van der Waals surface area contributed by atoms with E-state index in [9.17, 15) is 28.8 Å². The topological polar surface area (TPSA) is 181 Å². The molecule has 242 valence electrons. The molecule has 4 atom stereocenters. The van der Waals surface area contributed by atoms with Crippen molar-refractivity contribution in [3.8, 4) is 0 Å². The fourth-order valence-corrected chi connectivity index (χ4v) is 4.34. The van der Waals surface area contributed by atoms with Crippen LogP contribution in [-0.2, 0) is 35.3 Å². The zero-order chi connectivity index (χ0) is 32.7. The Balaban J connectivity index is 2.14. The molecule has 1 heterocycles. The monoisotopic (exact) mass is 615 g/mol. The highest BCUT2D eigenvalue weighted by molar-refractivity contribution is 5.92. The van der Waals surface area contributed by atoms with Gasteiger partial charge in [-0.15, -0.1) is 0 Å². The van der Waals surface area contributed by atoms with Crippen LogP contribution in [0.5, 0.6) is 0 Å². The number of carbonyl (C=O) groups is 6. The van der Waals surface area contributed by atoms with E-state index >= 15 is 0 Å². The van der Waals surface area contributed by atoms with Gasteiger partial charge in [0.05, 0.1) is 6.54 Å². The Morgan fingerprint density at radius 3 is 2.27 bits per heavy atom. The van der Waals surface area contributed by atoms with Gasteiger partial charge in [-0.25, -0.2) is 9.59 Å². The van der Waals surface area contributed by atoms with Gasteiger partial charge in [-0.2, -0.15) is 0 Å². The number of hydrogen-bond donors (Lipinski definition) is 5. The van der Waals surface area contributed by atoms with E-state index in [0.29, 0.717) is 19.4 Å². The smallest absolute Gasteiger partial charge is 0.408 e. The van der Waals surface area contributed by atoms with Crippen LogP contribution in [0, 0.1) is 5.92 Å². The fourth-order valence-electron chi connectivity index (χ4n) is 4.34. The number of alkyl carbamates (subject to hydrolysis) is 2. The minimum atomic E-state index is -1.31. The molecule has 1 aliphatic heterocycles. The Labute approximate surface area is 258 Å². The van der Waals surface area contributed by atoms with E-state index in [4.69, 9.17) is 9.47 Å². The lowest BCUT2D eigenvalue weighted by Crippen LogP contribution is -2.57. The lowest BCUT2D eigenvalue weighted by Gasteiger charge is -2.26. The number of allylic oxidation sites excluding steroid dienone is 1. The molecule has 1 aliphatic rings. The molecule has 2 rings (SSSR count). The standard InChI is InChI=1S/C31H45N5O8/c1-6-10-24(27(39)34-23(14-13-20(2)37)17-22-15-16-32-26(22)38)35-28(40)25(18-33-29(41)44-31(3,4)5)36-30(42)43-19-21-11-8-7-9-12-21/h7-9,11-14,22-25H,6,10,15-19H2,1-5H3,(H,32,38)(H,33,41)(H,34,39)(H,35,40)(H,36,42)/b14-13+/t22-,23+,24-,25-/m0/s1. The van der Waals surface area contributed by atoms with Crippen molar-refractivity contribution in [3.05, 3.63) is 48.0 Å². The fraction of sp³-hybridized carbons (Fsp3) is 0.548. The lowest BCUT2D eigenvalue weighted by atomic mass is 9.97. The maximum atomic E-state index is 13.4. The highest BCUT2D eigenvalue weighted by Gasteiger charge is 2.31. The zero-order valence-corrected chi connectivity index (χ0v) is 26.1. The van der Waals surface area contributed by atoms with Gasteiger partial charge in [-0.05, 0) is 58.6 Å². The number of amides is 5. The van der Waals surface area contributed by atoms with Crippen molar-refractivity contribution in [1.82, 2.24) is 26.6 Å². The summed E-state index contributed by atoms with van der Waals surface area (Å²) in [5, 5.41) is 13.2.